The molecule has 1 aromatic heterocycles. The molecule has 2 rings (SSSR count). The lowest BCUT2D eigenvalue weighted by atomic mass is 10.2. The molecule has 3 nitrogen and oxygen atoms in total. The molecule has 18 heavy (non-hydrogen) atoms. The van der Waals surface area contributed by atoms with Gasteiger partial charge in [-0.15, -0.1) is 11.3 Å². The molecule has 1 fully saturated rings. The smallest absolute Gasteiger partial charge is 0.264 e. The van der Waals surface area contributed by atoms with Gasteiger partial charge in [0, 0.05) is 30.1 Å². The largest absolute Gasteiger partial charge is 0.335 e. The van der Waals surface area contributed by atoms with Gasteiger partial charge in [0.25, 0.3) is 5.91 Å². The monoisotopic (exact) mass is 394 g/mol. The molecule has 1 amide bonds. The van der Waals surface area contributed by atoms with Gasteiger partial charge in [0.1, 0.15) is 0 Å². The van der Waals surface area contributed by atoms with Gasteiger partial charge in [0.2, 0.25) is 0 Å². The number of piperazine rings is 1. The molecule has 100 valence electrons. The molecule has 1 unspecified atom stereocenters. The molecule has 0 bridgehead atoms. The first-order valence-electron chi connectivity index (χ1n) is 6.01. The van der Waals surface area contributed by atoms with Crippen molar-refractivity contribution in [3.8, 4) is 0 Å². The SMILES string of the molecule is CCN1CCN(C(=O)c2cc(Br)c(Br)s2)CC1C. The van der Waals surface area contributed by atoms with Gasteiger partial charge in [0.15, 0.2) is 0 Å². The predicted molar refractivity (Wildman–Crippen MR) is 82.3 cm³/mol. The number of thiophene rings is 1. The second-order valence-electron chi connectivity index (χ2n) is 4.46. The van der Waals surface area contributed by atoms with Gasteiger partial charge in [-0.1, -0.05) is 6.92 Å². The van der Waals surface area contributed by atoms with Gasteiger partial charge in [-0.05, 0) is 51.4 Å². The summed E-state index contributed by atoms with van der Waals surface area (Å²) in [6.07, 6.45) is 0. The van der Waals surface area contributed by atoms with Crippen molar-refractivity contribution in [1.82, 2.24) is 9.80 Å². The quantitative estimate of drug-likeness (QED) is 0.765. The summed E-state index contributed by atoms with van der Waals surface area (Å²) in [5.41, 5.74) is 0. The fraction of sp³-hybridized carbons (Fsp3) is 0.583. The Balaban J connectivity index is 2.06. The Labute approximate surface area is 128 Å². The summed E-state index contributed by atoms with van der Waals surface area (Å²) in [5, 5.41) is 0. The number of halogens is 2. The lowest BCUT2D eigenvalue weighted by Crippen LogP contribution is -2.53. The normalized spacial score (nSPS) is 21.3. The van der Waals surface area contributed by atoms with E-state index in [1.807, 2.05) is 11.0 Å². The van der Waals surface area contributed by atoms with Crippen molar-refractivity contribution in [3.63, 3.8) is 0 Å². The number of rotatable bonds is 2. The standard InChI is InChI=1S/C12H16Br2N2OS/c1-3-15-4-5-16(7-8(15)2)12(17)10-6-9(13)11(14)18-10/h6,8H,3-5,7H2,1-2H3. The maximum absolute atomic E-state index is 12.4. The van der Waals surface area contributed by atoms with Crippen LogP contribution in [0.2, 0.25) is 0 Å². The van der Waals surface area contributed by atoms with E-state index in [1.165, 1.54) is 11.3 Å². The van der Waals surface area contributed by atoms with Crippen LogP contribution in [0.3, 0.4) is 0 Å². The average molecular weight is 396 g/mol. The van der Waals surface area contributed by atoms with Crippen molar-refractivity contribution < 1.29 is 4.79 Å². The van der Waals surface area contributed by atoms with Crippen LogP contribution >= 0.6 is 43.2 Å². The van der Waals surface area contributed by atoms with Gasteiger partial charge in [-0.3, -0.25) is 9.69 Å². The van der Waals surface area contributed by atoms with E-state index in [4.69, 9.17) is 0 Å². The highest BCUT2D eigenvalue weighted by molar-refractivity contribution is 9.13. The number of carbonyl (C=O) groups is 1. The predicted octanol–water partition coefficient (Wildman–Crippen LogP) is 3.44. The number of likely N-dealkylation sites (N-methyl/N-ethyl adjacent to an activating group) is 1. The molecule has 1 aliphatic heterocycles. The molecule has 0 N–H and O–H groups in total. The topological polar surface area (TPSA) is 23.6 Å². The Morgan fingerprint density at radius 1 is 1.50 bits per heavy atom. The molecule has 1 saturated heterocycles. The highest BCUT2D eigenvalue weighted by Gasteiger charge is 2.27. The summed E-state index contributed by atoms with van der Waals surface area (Å²) in [7, 11) is 0. The zero-order valence-corrected chi connectivity index (χ0v) is 14.4. The van der Waals surface area contributed by atoms with E-state index in [9.17, 15) is 4.79 Å². The Hall–Kier alpha value is 0.0900. The summed E-state index contributed by atoms with van der Waals surface area (Å²) in [4.78, 5) is 17.5. The van der Waals surface area contributed by atoms with Crippen LogP contribution < -0.4 is 0 Å². The first-order chi connectivity index (χ1) is 8.52. The van der Waals surface area contributed by atoms with E-state index < -0.39 is 0 Å². The molecule has 1 atom stereocenters. The number of nitrogens with zero attached hydrogens (tertiary/aromatic N) is 2. The van der Waals surface area contributed by atoms with Crippen LogP contribution in [0.1, 0.15) is 23.5 Å². The minimum Gasteiger partial charge on any atom is -0.335 e. The van der Waals surface area contributed by atoms with Crippen LogP contribution in [-0.4, -0.2) is 47.9 Å². The molecule has 2 heterocycles. The molecule has 0 aromatic carbocycles. The van der Waals surface area contributed by atoms with Gasteiger partial charge in [-0.25, -0.2) is 0 Å². The molecule has 0 saturated carbocycles. The summed E-state index contributed by atoms with van der Waals surface area (Å²) in [5.74, 6) is 0.147. The zero-order chi connectivity index (χ0) is 13.3. The Bertz CT molecular complexity index is 430. The molecular weight excluding hydrogens is 380 g/mol. The van der Waals surface area contributed by atoms with Crippen molar-refractivity contribution in [1.29, 1.82) is 0 Å². The lowest BCUT2D eigenvalue weighted by Gasteiger charge is -2.39. The molecule has 1 aliphatic rings. The summed E-state index contributed by atoms with van der Waals surface area (Å²) >= 11 is 8.35. The van der Waals surface area contributed by atoms with E-state index in [1.54, 1.807) is 0 Å². The Kier molecular flexibility index (Phi) is 4.86. The average Bonchev–Trinajstić information content (AvgIpc) is 2.68. The summed E-state index contributed by atoms with van der Waals surface area (Å²) in [6.45, 7) is 8.02. The number of hydrogen-bond acceptors (Lipinski definition) is 3. The first kappa shape index (κ1) is 14.5. The molecule has 0 radical (unpaired) electrons. The number of carbonyl (C=O) groups excluding carboxylic acids is 1. The summed E-state index contributed by atoms with van der Waals surface area (Å²) < 4.78 is 1.93. The first-order valence-corrected chi connectivity index (χ1v) is 8.41. The molecule has 1 aromatic rings. The lowest BCUT2D eigenvalue weighted by molar-refractivity contribution is 0.0532. The van der Waals surface area contributed by atoms with Gasteiger partial charge in [-0.2, -0.15) is 0 Å². The maximum atomic E-state index is 12.4. The number of hydrogen-bond donors (Lipinski definition) is 0. The molecule has 6 heteroatoms. The molecule has 0 aliphatic carbocycles. The van der Waals surface area contributed by atoms with Crippen LogP contribution in [0.15, 0.2) is 14.3 Å². The van der Waals surface area contributed by atoms with E-state index in [-0.39, 0.29) is 5.91 Å². The third kappa shape index (κ3) is 2.98. The van der Waals surface area contributed by atoms with Crippen LogP contribution in [-0.2, 0) is 0 Å². The van der Waals surface area contributed by atoms with Crippen LogP contribution in [0.4, 0.5) is 0 Å². The minimum atomic E-state index is 0.147. The summed E-state index contributed by atoms with van der Waals surface area (Å²) in [6, 6.07) is 2.34. The van der Waals surface area contributed by atoms with E-state index >= 15 is 0 Å². The molecule has 0 spiro atoms. The van der Waals surface area contributed by atoms with Crippen LogP contribution in [0.5, 0.6) is 0 Å². The number of amides is 1. The zero-order valence-electron chi connectivity index (χ0n) is 10.4. The Morgan fingerprint density at radius 2 is 2.22 bits per heavy atom. The highest BCUT2D eigenvalue weighted by atomic mass is 79.9. The second-order valence-corrected chi connectivity index (χ2v) is 7.69. The Morgan fingerprint density at radius 3 is 2.72 bits per heavy atom. The van der Waals surface area contributed by atoms with Crippen molar-refractivity contribution in [2.24, 2.45) is 0 Å². The third-order valence-electron chi connectivity index (χ3n) is 3.31. The minimum absolute atomic E-state index is 0.147. The fourth-order valence-electron chi connectivity index (χ4n) is 2.26. The second kappa shape index (κ2) is 6.03. The van der Waals surface area contributed by atoms with Gasteiger partial charge in [0.05, 0.1) is 8.66 Å². The fourth-order valence-corrected chi connectivity index (χ4v) is 4.26. The highest BCUT2D eigenvalue weighted by Crippen LogP contribution is 2.33. The van der Waals surface area contributed by atoms with Crippen molar-refractivity contribution in [3.05, 3.63) is 19.2 Å². The third-order valence-corrected chi connectivity index (χ3v) is 6.56. The van der Waals surface area contributed by atoms with E-state index in [2.05, 4.69) is 50.6 Å². The van der Waals surface area contributed by atoms with Crippen molar-refractivity contribution in [2.75, 3.05) is 26.2 Å². The van der Waals surface area contributed by atoms with Gasteiger partial charge >= 0.3 is 0 Å². The van der Waals surface area contributed by atoms with E-state index in [0.717, 1.165) is 39.3 Å². The van der Waals surface area contributed by atoms with Gasteiger partial charge < -0.3 is 4.90 Å². The molecular formula is C12H16Br2N2OS. The van der Waals surface area contributed by atoms with Crippen LogP contribution in [0, 0.1) is 0 Å². The van der Waals surface area contributed by atoms with E-state index in [0.29, 0.717) is 6.04 Å². The van der Waals surface area contributed by atoms with Crippen molar-refractivity contribution >= 4 is 49.1 Å². The van der Waals surface area contributed by atoms with Crippen LogP contribution in [0.25, 0.3) is 0 Å². The van der Waals surface area contributed by atoms with Crippen molar-refractivity contribution in [2.45, 2.75) is 19.9 Å². The maximum Gasteiger partial charge on any atom is 0.264 e.